The van der Waals surface area contributed by atoms with Crippen molar-refractivity contribution in [3.63, 3.8) is 0 Å². The van der Waals surface area contributed by atoms with Crippen molar-refractivity contribution in [2.75, 3.05) is 45.8 Å². The lowest BCUT2D eigenvalue weighted by molar-refractivity contribution is 0.207. The van der Waals surface area contributed by atoms with Crippen LogP contribution in [0.1, 0.15) is 32.1 Å². The number of rotatable bonds is 4. The van der Waals surface area contributed by atoms with E-state index in [0.717, 1.165) is 19.0 Å². The standard InChI is InChI=1S/C13H27N3/c14-6-10-16-7-2-1-5-13(12-16)11-15-8-3-4-9-15/h13H,1-12,14H2. The minimum absolute atomic E-state index is 0.816. The van der Waals surface area contributed by atoms with Crippen LogP contribution in [0, 0.1) is 5.92 Å². The van der Waals surface area contributed by atoms with Crippen molar-refractivity contribution >= 4 is 0 Å². The molecule has 0 aliphatic carbocycles. The van der Waals surface area contributed by atoms with E-state index >= 15 is 0 Å². The summed E-state index contributed by atoms with van der Waals surface area (Å²) in [5.74, 6) is 0.896. The Morgan fingerprint density at radius 3 is 2.38 bits per heavy atom. The van der Waals surface area contributed by atoms with Crippen LogP contribution in [0.5, 0.6) is 0 Å². The zero-order chi connectivity index (χ0) is 11.2. The lowest BCUT2D eigenvalue weighted by Crippen LogP contribution is -2.37. The second-order valence-electron chi connectivity index (χ2n) is 5.46. The van der Waals surface area contributed by atoms with E-state index in [1.165, 1.54) is 64.8 Å². The van der Waals surface area contributed by atoms with Gasteiger partial charge < -0.3 is 15.5 Å². The predicted octanol–water partition coefficient (Wildman–Crippen LogP) is 1.14. The van der Waals surface area contributed by atoms with E-state index in [1.54, 1.807) is 0 Å². The van der Waals surface area contributed by atoms with Gasteiger partial charge >= 0.3 is 0 Å². The molecule has 3 heteroatoms. The van der Waals surface area contributed by atoms with Crippen LogP contribution in [0.3, 0.4) is 0 Å². The maximum absolute atomic E-state index is 5.67. The van der Waals surface area contributed by atoms with Gasteiger partial charge in [0.1, 0.15) is 0 Å². The molecule has 0 amide bonds. The highest BCUT2D eigenvalue weighted by atomic mass is 15.2. The summed E-state index contributed by atoms with van der Waals surface area (Å²) in [5, 5.41) is 0. The van der Waals surface area contributed by atoms with E-state index in [1.807, 2.05) is 0 Å². The van der Waals surface area contributed by atoms with Gasteiger partial charge in [0, 0.05) is 26.2 Å². The van der Waals surface area contributed by atoms with Gasteiger partial charge in [-0.25, -0.2) is 0 Å². The molecule has 16 heavy (non-hydrogen) atoms. The zero-order valence-electron chi connectivity index (χ0n) is 10.5. The van der Waals surface area contributed by atoms with Crippen molar-refractivity contribution in [2.24, 2.45) is 11.7 Å². The Labute approximate surface area is 100.0 Å². The predicted molar refractivity (Wildman–Crippen MR) is 68.5 cm³/mol. The monoisotopic (exact) mass is 225 g/mol. The molecule has 1 atom stereocenters. The molecule has 0 aromatic carbocycles. The summed E-state index contributed by atoms with van der Waals surface area (Å²) < 4.78 is 0. The summed E-state index contributed by atoms with van der Waals surface area (Å²) >= 11 is 0. The fraction of sp³-hybridized carbons (Fsp3) is 1.00. The van der Waals surface area contributed by atoms with Crippen LogP contribution in [-0.4, -0.2) is 55.6 Å². The van der Waals surface area contributed by atoms with Crippen LogP contribution in [0.25, 0.3) is 0 Å². The van der Waals surface area contributed by atoms with E-state index in [0.29, 0.717) is 0 Å². The minimum Gasteiger partial charge on any atom is -0.329 e. The van der Waals surface area contributed by atoms with Crippen LogP contribution in [0.2, 0.25) is 0 Å². The molecule has 2 aliphatic heterocycles. The smallest absolute Gasteiger partial charge is 0.0105 e. The molecule has 0 bridgehead atoms. The third-order valence-electron chi connectivity index (χ3n) is 4.01. The molecule has 0 saturated carbocycles. The van der Waals surface area contributed by atoms with Crippen LogP contribution in [0.15, 0.2) is 0 Å². The first kappa shape index (κ1) is 12.3. The molecule has 2 aliphatic rings. The molecule has 2 heterocycles. The Balaban J connectivity index is 1.77. The lowest BCUT2D eigenvalue weighted by atomic mass is 10.0. The average Bonchev–Trinajstić information content (AvgIpc) is 2.67. The van der Waals surface area contributed by atoms with Gasteiger partial charge in [-0.2, -0.15) is 0 Å². The van der Waals surface area contributed by atoms with Crippen LogP contribution >= 0.6 is 0 Å². The molecular weight excluding hydrogens is 198 g/mol. The third kappa shape index (κ3) is 3.72. The molecule has 3 nitrogen and oxygen atoms in total. The fourth-order valence-corrected chi connectivity index (χ4v) is 3.18. The summed E-state index contributed by atoms with van der Waals surface area (Å²) in [6, 6.07) is 0. The summed E-state index contributed by atoms with van der Waals surface area (Å²) in [5.41, 5.74) is 5.67. The Hall–Kier alpha value is -0.120. The molecular formula is C13H27N3. The Morgan fingerprint density at radius 1 is 0.938 bits per heavy atom. The van der Waals surface area contributed by atoms with Gasteiger partial charge in [-0.3, -0.25) is 0 Å². The second kappa shape index (κ2) is 6.58. The van der Waals surface area contributed by atoms with Crippen LogP contribution in [0.4, 0.5) is 0 Å². The topological polar surface area (TPSA) is 32.5 Å². The summed E-state index contributed by atoms with van der Waals surface area (Å²) in [7, 11) is 0. The lowest BCUT2D eigenvalue weighted by Gasteiger charge is -2.27. The van der Waals surface area contributed by atoms with Gasteiger partial charge in [0.05, 0.1) is 0 Å². The van der Waals surface area contributed by atoms with Crippen molar-refractivity contribution in [3.8, 4) is 0 Å². The number of nitrogens with two attached hydrogens (primary N) is 1. The maximum Gasteiger partial charge on any atom is 0.0105 e. The maximum atomic E-state index is 5.67. The Bertz CT molecular complexity index is 190. The first-order valence-electron chi connectivity index (χ1n) is 7.03. The van der Waals surface area contributed by atoms with E-state index in [9.17, 15) is 0 Å². The van der Waals surface area contributed by atoms with Crippen molar-refractivity contribution in [1.82, 2.24) is 9.80 Å². The molecule has 0 aromatic heterocycles. The number of likely N-dealkylation sites (tertiary alicyclic amines) is 2. The van der Waals surface area contributed by atoms with Crippen molar-refractivity contribution < 1.29 is 0 Å². The number of hydrogen-bond donors (Lipinski definition) is 1. The van der Waals surface area contributed by atoms with Crippen molar-refractivity contribution in [1.29, 1.82) is 0 Å². The molecule has 1 unspecified atom stereocenters. The first-order chi connectivity index (χ1) is 7.88. The summed E-state index contributed by atoms with van der Waals surface area (Å²) in [6.45, 7) is 8.48. The van der Waals surface area contributed by atoms with E-state index in [4.69, 9.17) is 5.73 Å². The van der Waals surface area contributed by atoms with E-state index in [-0.39, 0.29) is 0 Å². The highest BCUT2D eigenvalue weighted by Gasteiger charge is 2.21. The van der Waals surface area contributed by atoms with Crippen LogP contribution in [-0.2, 0) is 0 Å². The zero-order valence-corrected chi connectivity index (χ0v) is 10.5. The van der Waals surface area contributed by atoms with Gasteiger partial charge in [0.25, 0.3) is 0 Å². The van der Waals surface area contributed by atoms with E-state index < -0.39 is 0 Å². The highest BCUT2D eigenvalue weighted by molar-refractivity contribution is 4.76. The average molecular weight is 225 g/mol. The SMILES string of the molecule is NCCN1CCCCC(CN2CCCC2)C1. The second-order valence-corrected chi connectivity index (χ2v) is 5.46. The third-order valence-corrected chi connectivity index (χ3v) is 4.01. The molecule has 94 valence electrons. The molecule has 2 saturated heterocycles. The van der Waals surface area contributed by atoms with Gasteiger partial charge in [-0.05, 0) is 51.2 Å². The molecule has 0 aromatic rings. The normalized spacial score (nSPS) is 29.4. The van der Waals surface area contributed by atoms with Gasteiger partial charge in [-0.1, -0.05) is 6.42 Å². The van der Waals surface area contributed by atoms with E-state index in [2.05, 4.69) is 9.80 Å². The van der Waals surface area contributed by atoms with Gasteiger partial charge in [0.2, 0.25) is 0 Å². The molecule has 0 spiro atoms. The highest BCUT2D eigenvalue weighted by Crippen LogP contribution is 2.19. The van der Waals surface area contributed by atoms with Crippen LogP contribution < -0.4 is 5.73 Å². The summed E-state index contributed by atoms with van der Waals surface area (Å²) in [6.07, 6.45) is 7.05. The number of nitrogens with zero attached hydrogens (tertiary/aromatic N) is 2. The first-order valence-corrected chi connectivity index (χ1v) is 7.03. The summed E-state index contributed by atoms with van der Waals surface area (Å²) in [4.78, 5) is 5.24. The van der Waals surface area contributed by atoms with Crippen molar-refractivity contribution in [3.05, 3.63) is 0 Å². The van der Waals surface area contributed by atoms with Gasteiger partial charge in [0.15, 0.2) is 0 Å². The molecule has 2 rings (SSSR count). The number of hydrogen-bond acceptors (Lipinski definition) is 3. The Morgan fingerprint density at radius 2 is 1.62 bits per heavy atom. The molecule has 2 fully saturated rings. The molecule has 0 radical (unpaired) electrons. The van der Waals surface area contributed by atoms with Gasteiger partial charge in [-0.15, -0.1) is 0 Å². The van der Waals surface area contributed by atoms with Crippen molar-refractivity contribution in [2.45, 2.75) is 32.1 Å². The minimum atomic E-state index is 0.816. The fourth-order valence-electron chi connectivity index (χ4n) is 3.18. The largest absolute Gasteiger partial charge is 0.329 e. The molecule has 2 N–H and O–H groups in total. The Kier molecular flexibility index (Phi) is 5.07. The quantitative estimate of drug-likeness (QED) is 0.779.